The molecule has 3 aliphatic rings. The molecule has 1 heterocycles. The van der Waals surface area contributed by atoms with Gasteiger partial charge in [0.05, 0.1) is 0 Å². The molecule has 1 spiro atoms. The van der Waals surface area contributed by atoms with Crippen LogP contribution in [0.25, 0.3) is 0 Å². The predicted molar refractivity (Wildman–Crippen MR) is 38.7 cm³/mol. The largest absolute Gasteiger partial charge is 0.310 e. The highest BCUT2D eigenvalue weighted by atomic mass is 16.1. The summed E-state index contributed by atoms with van der Waals surface area (Å²) in [5.41, 5.74) is 0.483. The normalized spacial score (nSPS) is 56.6. The third kappa shape index (κ3) is 0.357. The van der Waals surface area contributed by atoms with E-state index in [0.717, 1.165) is 18.9 Å². The summed E-state index contributed by atoms with van der Waals surface area (Å²) in [6.45, 7) is 0. The smallest absolute Gasteiger partial charge is 0.135 e. The molecule has 3 rings (SSSR count). The molecule has 56 valence electrons. The first kappa shape index (κ1) is 5.30. The van der Waals surface area contributed by atoms with Crippen LogP contribution >= 0.6 is 0 Å². The number of hydrogen-bond donors (Lipinski definition) is 1. The maximum absolute atomic E-state index is 11.0. The molecule has 2 nitrogen and oxygen atoms in total. The van der Waals surface area contributed by atoms with Crippen molar-refractivity contribution in [3.8, 4) is 0 Å². The molecule has 1 saturated heterocycles. The summed E-state index contributed by atoms with van der Waals surface area (Å²) in [7, 11) is 0. The van der Waals surface area contributed by atoms with Crippen LogP contribution in [-0.2, 0) is 4.79 Å². The summed E-state index contributed by atoms with van der Waals surface area (Å²) in [6.07, 6.45) is 4.32. The number of ketones is 1. The lowest BCUT2D eigenvalue weighted by Crippen LogP contribution is -2.73. The zero-order chi connectivity index (χ0) is 6.77. The molecule has 3 fully saturated rings. The molecule has 10 heavy (non-hydrogen) atoms. The van der Waals surface area contributed by atoms with Gasteiger partial charge in [-0.1, -0.05) is 0 Å². The van der Waals surface area contributed by atoms with Crippen LogP contribution in [0.5, 0.6) is 0 Å². The second-order valence-corrected chi connectivity index (χ2v) is 3.96. The Kier molecular flexibility index (Phi) is 0.691. The molecule has 0 amide bonds. The van der Waals surface area contributed by atoms with Gasteiger partial charge in [-0.2, -0.15) is 0 Å². The van der Waals surface area contributed by atoms with Gasteiger partial charge in [0, 0.05) is 31.8 Å². The van der Waals surface area contributed by atoms with Gasteiger partial charge in [0.1, 0.15) is 5.78 Å². The molecule has 2 aliphatic carbocycles. The lowest BCUT2D eigenvalue weighted by atomic mass is 9.55. The molecule has 0 aromatic rings. The Morgan fingerprint density at radius 2 is 2.50 bits per heavy atom. The second kappa shape index (κ2) is 1.30. The Labute approximate surface area is 61.5 Å². The van der Waals surface area contributed by atoms with Crippen LogP contribution in [0.4, 0.5) is 0 Å². The lowest BCUT2D eigenvalue weighted by Gasteiger charge is -2.61. The minimum absolute atomic E-state index is 0. The van der Waals surface area contributed by atoms with E-state index in [9.17, 15) is 4.79 Å². The van der Waals surface area contributed by atoms with Crippen molar-refractivity contribution in [1.29, 1.82) is 0 Å². The molecule has 0 radical (unpaired) electrons. The maximum Gasteiger partial charge on any atom is 0.135 e. The quantitative estimate of drug-likeness (QED) is 0.535. The number of carbonyl (C=O) groups excluding carboxylic acids is 1. The van der Waals surface area contributed by atoms with Gasteiger partial charge in [-0.25, -0.2) is 0 Å². The number of hydrogen-bond acceptors (Lipinski definition) is 2. The van der Waals surface area contributed by atoms with Gasteiger partial charge < -0.3 is 5.32 Å². The molecule has 3 unspecified atom stereocenters. The van der Waals surface area contributed by atoms with Crippen molar-refractivity contribution >= 4 is 5.78 Å². The van der Waals surface area contributed by atoms with Crippen molar-refractivity contribution in [2.75, 3.05) is 0 Å². The van der Waals surface area contributed by atoms with Gasteiger partial charge in [-0.05, 0) is 12.8 Å². The van der Waals surface area contributed by atoms with E-state index in [-0.39, 0.29) is 1.43 Å². The van der Waals surface area contributed by atoms with Crippen molar-refractivity contribution in [1.82, 2.24) is 5.32 Å². The molecule has 2 heteroatoms. The van der Waals surface area contributed by atoms with Crippen LogP contribution in [0.3, 0.4) is 0 Å². The van der Waals surface area contributed by atoms with Crippen LogP contribution in [0.15, 0.2) is 0 Å². The van der Waals surface area contributed by atoms with E-state index in [2.05, 4.69) is 5.32 Å². The van der Waals surface area contributed by atoms with Gasteiger partial charge in [0.25, 0.3) is 0 Å². The van der Waals surface area contributed by atoms with Gasteiger partial charge >= 0.3 is 0 Å². The van der Waals surface area contributed by atoms with Gasteiger partial charge in [0.15, 0.2) is 0 Å². The second-order valence-electron chi connectivity index (χ2n) is 3.96. The van der Waals surface area contributed by atoms with Crippen molar-refractivity contribution in [2.24, 2.45) is 5.41 Å². The Hall–Kier alpha value is -0.370. The summed E-state index contributed by atoms with van der Waals surface area (Å²) >= 11 is 0. The molecular weight excluding hydrogens is 126 g/mol. The van der Waals surface area contributed by atoms with Crippen LogP contribution < -0.4 is 5.32 Å². The molecule has 1 N–H and O–H groups in total. The fraction of sp³-hybridized carbons (Fsp3) is 0.875. The fourth-order valence-electron chi connectivity index (χ4n) is 2.90. The number of carbonyl (C=O) groups is 1. The molecule has 0 bridgehead atoms. The van der Waals surface area contributed by atoms with Crippen molar-refractivity contribution in [2.45, 2.75) is 37.8 Å². The van der Waals surface area contributed by atoms with Crippen molar-refractivity contribution < 1.29 is 6.22 Å². The third-order valence-corrected chi connectivity index (χ3v) is 3.65. The SMILES string of the molecule is O=C1CC2NC3CCC32C1.[HH]. The minimum Gasteiger partial charge on any atom is -0.310 e. The summed E-state index contributed by atoms with van der Waals surface area (Å²) in [5.74, 6) is 0.486. The maximum atomic E-state index is 11.0. The highest BCUT2D eigenvalue weighted by Gasteiger charge is 2.64. The van der Waals surface area contributed by atoms with E-state index in [1.54, 1.807) is 0 Å². The molecule has 0 aromatic carbocycles. The van der Waals surface area contributed by atoms with Gasteiger partial charge in [-0.3, -0.25) is 4.79 Å². The summed E-state index contributed by atoms with van der Waals surface area (Å²) in [5, 5.41) is 3.44. The first-order valence-electron chi connectivity index (χ1n) is 4.09. The number of piperidine rings is 1. The zero-order valence-electron chi connectivity index (χ0n) is 5.89. The summed E-state index contributed by atoms with van der Waals surface area (Å²) < 4.78 is 0. The minimum atomic E-state index is 0. The Balaban J connectivity index is 0.000000480. The number of Topliss-reactive ketones (excluding diaryl/α,β-unsaturated/α-hetero) is 1. The monoisotopic (exact) mass is 139 g/mol. The third-order valence-electron chi connectivity index (χ3n) is 3.65. The lowest BCUT2D eigenvalue weighted by molar-refractivity contribution is -0.119. The topological polar surface area (TPSA) is 29.1 Å². The van der Waals surface area contributed by atoms with Crippen LogP contribution in [0.2, 0.25) is 0 Å². The average molecular weight is 139 g/mol. The summed E-state index contributed by atoms with van der Waals surface area (Å²) in [6, 6.07) is 1.31. The summed E-state index contributed by atoms with van der Waals surface area (Å²) in [4.78, 5) is 11.0. The van der Waals surface area contributed by atoms with E-state index in [0.29, 0.717) is 17.2 Å². The molecule has 2 saturated carbocycles. The predicted octanol–water partition coefficient (Wildman–Crippen LogP) is 0.716. The van der Waals surface area contributed by atoms with Gasteiger partial charge in [-0.15, -0.1) is 0 Å². The molecule has 3 atom stereocenters. The molecule has 0 aromatic heterocycles. The Morgan fingerprint density at radius 3 is 2.90 bits per heavy atom. The highest BCUT2D eigenvalue weighted by molar-refractivity contribution is 5.84. The molecule has 1 aliphatic heterocycles. The van der Waals surface area contributed by atoms with Crippen LogP contribution in [0.1, 0.15) is 27.1 Å². The fourth-order valence-corrected chi connectivity index (χ4v) is 2.90. The number of rotatable bonds is 0. The Morgan fingerprint density at radius 1 is 1.60 bits per heavy atom. The van der Waals surface area contributed by atoms with Crippen LogP contribution in [-0.4, -0.2) is 17.9 Å². The first-order valence-corrected chi connectivity index (χ1v) is 4.09. The van der Waals surface area contributed by atoms with Crippen LogP contribution in [0, 0.1) is 5.41 Å². The van der Waals surface area contributed by atoms with E-state index in [4.69, 9.17) is 0 Å². The van der Waals surface area contributed by atoms with E-state index in [1.165, 1.54) is 12.8 Å². The van der Waals surface area contributed by atoms with Crippen molar-refractivity contribution in [3.63, 3.8) is 0 Å². The Bertz CT molecular complexity index is 218. The number of nitrogens with one attached hydrogen (secondary N) is 1. The standard InChI is InChI=1S/C8H11NO.H2/c10-5-3-7-8(4-5)2-1-6(8)9-7;/h6-7,9H,1-4H2;1H. The zero-order valence-corrected chi connectivity index (χ0v) is 5.89. The average Bonchev–Trinajstić information content (AvgIpc) is 2.21. The van der Waals surface area contributed by atoms with Crippen molar-refractivity contribution in [3.05, 3.63) is 0 Å². The van der Waals surface area contributed by atoms with E-state index >= 15 is 0 Å². The molecular formula is C8H13NO. The highest BCUT2D eigenvalue weighted by Crippen LogP contribution is 2.58. The van der Waals surface area contributed by atoms with E-state index < -0.39 is 0 Å². The first-order chi connectivity index (χ1) is 4.81. The van der Waals surface area contributed by atoms with Gasteiger partial charge in [0.2, 0.25) is 0 Å². The van der Waals surface area contributed by atoms with E-state index in [1.807, 2.05) is 0 Å².